The average Bonchev–Trinajstić information content (AvgIpc) is 2.86. The van der Waals surface area contributed by atoms with Crippen molar-refractivity contribution in [1.82, 2.24) is 9.88 Å². The first-order valence-corrected chi connectivity index (χ1v) is 6.99. The maximum absolute atomic E-state index is 13.2. The van der Waals surface area contributed by atoms with Crippen molar-refractivity contribution in [2.24, 2.45) is 0 Å². The van der Waals surface area contributed by atoms with E-state index in [0.717, 1.165) is 4.90 Å². The molecule has 0 saturated carbocycles. The first-order chi connectivity index (χ1) is 10.2. The van der Waals surface area contributed by atoms with Crippen molar-refractivity contribution < 1.29 is 18.0 Å². The minimum Gasteiger partial charge on any atom is -0.367 e. The number of H-pyrrole nitrogens is 1. The van der Waals surface area contributed by atoms with Gasteiger partial charge in [0.15, 0.2) is 5.78 Å². The molecular formula is C15H17F3N2O2. The van der Waals surface area contributed by atoms with Crippen LogP contribution in [0, 0.1) is 13.8 Å². The highest BCUT2D eigenvalue weighted by Crippen LogP contribution is 2.31. The van der Waals surface area contributed by atoms with E-state index in [0.29, 0.717) is 30.2 Å². The van der Waals surface area contributed by atoms with Gasteiger partial charge < -0.3 is 9.88 Å². The average molecular weight is 314 g/mol. The molecule has 0 spiro atoms. The molecule has 1 saturated heterocycles. The highest BCUT2D eigenvalue weighted by atomic mass is 19.4. The monoisotopic (exact) mass is 314 g/mol. The number of alkyl halides is 3. The molecule has 0 amide bonds. The third kappa shape index (κ3) is 3.40. The van der Waals surface area contributed by atoms with E-state index >= 15 is 0 Å². The summed E-state index contributed by atoms with van der Waals surface area (Å²) < 4.78 is 39.5. The molecule has 0 radical (unpaired) electrons. The van der Waals surface area contributed by atoms with Crippen LogP contribution in [0.15, 0.2) is 22.6 Å². The summed E-state index contributed by atoms with van der Waals surface area (Å²) >= 11 is 0. The number of allylic oxidation sites excluding steroid dienone is 2. The fraction of sp³-hybridized carbons (Fsp3) is 0.467. The second kappa shape index (κ2) is 5.98. The van der Waals surface area contributed by atoms with Gasteiger partial charge in [-0.1, -0.05) is 0 Å². The summed E-state index contributed by atoms with van der Waals surface area (Å²) in [6.07, 6.45) is -2.76. The number of rotatable bonds is 3. The van der Waals surface area contributed by atoms with Gasteiger partial charge in [0.1, 0.15) is 5.70 Å². The number of aryl methyl sites for hydroxylation is 2. The van der Waals surface area contributed by atoms with Gasteiger partial charge in [0.2, 0.25) is 0 Å². The molecule has 1 aliphatic heterocycles. The van der Waals surface area contributed by atoms with Gasteiger partial charge in [-0.25, -0.2) is 0 Å². The predicted molar refractivity (Wildman–Crippen MR) is 75.8 cm³/mol. The minimum absolute atomic E-state index is 0.244. The highest BCUT2D eigenvalue weighted by Gasteiger charge is 2.39. The van der Waals surface area contributed by atoms with Crippen molar-refractivity contribution in [2.75, 3.05) is 13.1 Å². The van der Waals surface area contributed by atoms with Crippen molar-refractivity contribution in [1.29, 1.82) is 0 Å². The van der Waals surface area contributed by atoms with Crippen LogP contribution < -0.4 is 5.56 Å². The molecule has 22 heavy (non-hydrogen) atoms. The topological polar surface area (TPSA) is 53.2 Å². The molecule has 0 aliphatic carbocycles. The van der Waals surface area contributed by atoms with Crippen LogP contribution in [0.4, 0.5) is 13.2 Å². The molecule has 2 rings (SSSR count). The van der Waals surface area contributed by atoms with E-state index in [9.17, 15) is 22.8 Å². The van der Waals surface area contributed by atoms with Crippen LogP contribution in [0.3, 0.4) is 0 Å². The molecule has 1 aromatic heterocycles. The predicted octanol–water partition coefficient (Wildman–Crippen LogP) is 2.72. The van der Waals surface area contributed by atoms with E-state index in [1.54, 1.807) is 13.0 Å². The van der Waals surface area contributed by atoms with Gasteiger partial charge in [0.05, 0.1) is 5.56 Å². The molecule has 4 nitrogen and oxygen atoms in total. The smallest absolute Gasteiger partial charge is 0.367 e. The lowest BCUT2D eigenvalue weighted by Crippen LogP contribution is -2.31. The lowest BCUT2D eigenvalue weighted by atomic mass is 10.1. The van der Waals surface area contributed by atoms with E-state index in [4.69, 9.17) is 0 Å². The molecule has 0 unspecified atom stereocenters. The van der Waals surface area contributed by atoms with Gasteiger partial charge in [-0.2, -0.15) is 13.2 Å². The summed E-state index contributed by atoms with van der Waals surface area (Å²) in [5.41, 5.74) is -0.966. The third-order valence-electron chi connectivity index (χ3n) is 3.62. The number of aromatic nitrogens is 1. The molecule has 0 aromatic carbocycles. The summed E-state index contributed by atoms with van der Waals surface area (Å²) in [7, 11) is 0. The van der Waals surface area contributed by atoms with Crippen LogP contribution in [0.5, 0.6) is 0 Å². The molecule has 1 N–H and O–H groups in total. The first-order valence-electron chi connectivity index (χ1n) is 6.99. The zero-order valence-electron chi connectivity index (χ0n) is 12.4. The molecule has 0 atom stereocenters. The number of carbonyl (C=O) groups is 1. The number of pyridine rings is 1. The van der Waals surface area contributed by atoms with Crippen molar-refractivity contribution in [3.8, 4) is 0 Å². The molecular weight excluding hydrogens is 297 g/mol. The van der Waals surface area contributed by atoms with Gasteiger partial charge in [-0.15, -0.1) is 0 Å². The van der Waals surface area contributed by atoms with Crippen molar-refractivity contribution >= 4 is 5.78 Å². The zero-order chi connectivity index (χ0) is 16.5. The number of likely N-dealkylation sites (tertiary alicyclic amines) is 1. The molecule has 1 fully saturated rings. The Kier molecular flexibility index (Phi) is 4.44. The molecule has 1 aromatic rings. The standard InChI is InChI=1S/C15H17F3N2O2/c1-9-7-10(2)19-14(22)13(9)11(21)8-12(15(16,17)18)20-5-3-4-6-20/h7-8H,3-6H2,1-2H3,(H,19,22)/b12-8-. The summed E-state index contributed by atoms with van der Waals surface area (Å²) in [6, 6.07) is 1.56. The van der Waals surface area contributed by atoms with E-state index < -0.39 is 23.2 Å². The van der Waals surface area contributed by atoms with Gasteiger partial charge in [0, 0.05) is 24.9 Å². The van der Waals surface area contributed by atoms with Gasteiger partial charge >= 0.3 is 6.18 Å². The second-order valence-electron chi connectivity index (χ2n) is 5.43. The Hall–Kier alpha value is -2.05. The molecule has 2 heterocycles. The van der Waals surface area contributed by atoms with Crippen molar-refractivity contribution in [3.63, 3.8) is 0 Å². The maximum Gasteiger partial charge on any atom is 0.431 e. The quantitative estimate of drug-likeness (QED) is 0.689. The van der Waals surface area contributed by atoms with Crippen molar-refractivity contribution in [3.05, 3.63) is 45.0 Å². The third-order valence-corrected chi connectivity index (χ3v) is 3.62. The van der Waals surface area contributed by atoms with Crippen LogP contribution in [-0.4, -0.2) is 34.9 Å². The van der Waals surface area contributed by atoms with Gasteiger partial charge in [0.25, 0.3) is 5.56 Å². The van der Waals surface area contributed by atoms with Crippen molar-refractivity contribution in [2.45, 2.75) is 32.9 Å². The summed E-state index contributed by atoms with van der Waals surface area (Å²) in [4.78, 5) is 27.6. The number of hydrogen-bond donors (Lipinski definition) is 1. The molecule has 0 bridgehead atoms. The van der Waals surface area contributed by atoms with Gasteiger partial charge in [-0.05, 0) is 38.3 Å². The van der Waals surface area contributed by atoms with E-state index in [-0.39, 0.29) is 18.7 Å². The summed E-state index contributed by atoms with van der Waals surface area (Å²) in [5, 5.41) is 0. The lowest BCUT2D eigenvalue weighted by molar-refractivity contribution is -0.109. The SMILES string of the molecule is Cc1cc(C)c(C(=O)/C=C(\N2CCCC2)C(F)(F)F)c(=O)[nH]1. The molecule has 1 aliphatic rings. The fourth-order valence-corrected chi connectivity index (χ4v) is 2.67. The minimum atomic E-state index is -4.62. The number of aromatic amines is 1. The van der Waals surface area contributed by atoms with Crippen LogP contribution >= 0.6 is 0 Å². The number of nitrogens with zero attached hydrogens (tertiary/aromatic N) is 1. The molecule has 7 heteroatoms. The molecule has 120 valence electrons. The summed E-state index contributed by atoms with van der Waals surface area (Å²) in [6.45, 7) is 3.71. The van der Waals surface area contributed by atoms with E-state index in [2.05, 4.69) is 4.98 Å². The van der Waals surface area contributed by atoms with Gasteiger partial charge in [-0.3, -0.25) is 9.59 Å². The maximum atomic E-state index is 13.2. The Morgan fingerprint density at radius 3 is 2.36 bits per heavy atom. The largest absolute Gasteiger partial charge is 0.431 e. The van der Waals surface area contributed by atoms with E-state index in [1.807, 2.05) is 0 Å². The number of ketones is 1. The number of nitrogens with one attached hydrogen (secondary N) is 1. The Balaban J connectivity index is 2.44. The normalized spacial score (nSPS) is 16.2. The number of hydrogen-bond acceptors (Lipinski definition) is 3. The Bertz CT molecular complexity index is 668. The Morgan fingerprint density at radius 2 is 1.86 bits per heavy atom. The number of halogens is 3. The first kappa shape index (κ1) is 16.3. The van der Waals surface area contributed by atoms with Crippen LogP contribution in [0.2, 0.25) is 0 Å². The number of carbonyl (C=O) groups excluding carboxylic acids is 1. The van der Waals surface area contributed by atoms with Crippen LogP contribution in [0.1, 0.15) is 34.5 Å². The fourth-order valence-electron chi connectivity index (χ4n) is 2.67. The summed E-state index contributed by atoms with van der Waals surface area (Å²) in [5.74, 6) is -0.919. The van der Waals surface area contributed by atoms with Crippen LogP contribution in [0.25, 0.3) is 0 Å². The lowest BCUT2D eigenvalue weighted by Gasteiger charge is -2.23. The second-order valence-corrected chi connectivity index (χ2v) is 5.43. The Morgan fingerprint density at radius 1 is 1.27 bits per heavy atom. The van der Waals surface area contributed by atoms with Crippen LogP contribution in [-0.2, 0) is 0 Å². The zero-order valence-corrected chi connectivity index (χ0v) is 12.4. The highest BCUT2D eigenvalue weighted by molar-refractivity contribution is 6.05. The Labute approximate surface area is 125 Å². The van der Waals surface area contributed by atoms with E-state index in [1.165, 1.54) is 6.92 Å².